The van der Waals surface area contributed by atoms with Crippen LogP contribution in [0.5, 0.6) is 0 Å². The fraction of sp³-hybridized carbons (Fsp3) is 0. The van der Waals surface area contributed by atoms with Crippen molar-refractivity contribution in [2.45, 2.75) is 0 Å². The first-order valence-electron chi connectivity index (χ1n) is 5.25. The Morgan fingerprint density at radius 2 is 1.61 bits per heavy atom. The monoisotopic (exact) mass is 457 g/mol. The predicted molar refractivity (Wildman–Crippen MR) is 83.9 cm³/mol. The van der Waals surface area contributed by atoms with Gasteiger partial charge in [0.05, 0.1) is 0 Å². The van der Waals surface area contributed by atoms with Crippen LogP contribution >= 0.6 is 33.9 Å². The molecule has 0 N–H and O–H groups in total. The van der Waals surface area contributed by atoms with Gasteiger partial charge in [0.1, 0.15) is 0 Å². The quantitative estimate of drug-likeness (QED) is 0.569. The van der Waals surface area contributed by atoms with Crippen LogP contribution in [0, 0.1) is 0 Å². The van der Waals surface area contributed by atoms with E-state index in [1.165, 1.54) is 0 Å². The molecular formula is C13H8BrCl2NTe. The fourth-order valence-corrected chi connectivity index (χ4v) is 9.74. The van der Waals surface area contributed by atoms with E-state index >= 15 is 0 Å². The molecule has 5 heteroatoms. The molecule has 0 saturated heterocycles. The minimum atomic E-state index is -3.25. The van der Waals surface area contributed by atoms with E-state index in [0.717, 1.165) is 23.1 Å². The second-order valence-electron chi connectivity index (χ2n) is 3.86. The summed E-state index contributed by atoms with van der Waals surface area (Å²) in [6.45, 7) is 0. The third-order valence-electron chi connectivity index (χ3n) is 2.70. The molecule has 2 aromatic carbocycles. The summed E-state index contributed by atoms with van der Waals surface area (Å²) < 4.78 is 2.93. The van der Waals surface area contributed by atoms with E-state index in [0.29, 0.717) is 0 Å². The molecule has 18 heavy (non-hydrogen) atoms. The average Bonchev–Trinajstić information content (AvgIpc) is 2.63. The zero-order valence-electron chi connectivity index (χ0n) is 9.11. The van der Waals surface area contributed by atoms with Crippen molar-refractivity contribution in [3.05, 3.63) is 58.6 Å². The van der Waals surface area contributed by atoms with Gasteiger partial charge < -0.3 is 0 Å². The van der Waals surface area contributed by atoms with Crippen LogP contribution in [0.25, 0.3) is 0 Å². The Bertz CT molecular complexity index is 638. The van der Waals surface area contributed by atoms with Crippen molar-refractivity contribution in [1.82, 2.24) is 0 Å². The van der Waals surface area contributed by atoms with Crippen LogP contribution in [-0.4, -0.2) is 19.7 Å². The van der Waals surface area contributed by atoms with Crippen LogP contribution in [0.2, 0.25) is 0 Å². The van der Waals surface area contributed by atoms with Crippen molar-refractivity contribution in [2.24, 2.45) is 4.99 Å². The van der Waals surface area contributed by atoms with E-state index in [9.17, 15) is 0 Å². The molecule has 0 aliphatic carbocycles. The van der Waals surface area contributed by atoms with E-state index in [-0.39, 0.29) is 0 Å². The van der Waals surface area contributed by atoms with Crippen molar-refractivity contribution in [2.75, 3.05) is 0 Å². The molecule has 0 spiro atoms. The van der Waals surface area contributed by atoms with Crippen LogP contribution < -0.4 is 3.61 Å². The van der Waals surface area contributed by atoms with E-state index in [1.807, 2.05) is 48.5 Å². The Kier molecular flexibility index (Phi) is 3.47. The minimum absolute atomic E-state index is 0.870. The van der Waals surface area contributed by atoms with Gasteiger partial charge in [-0.3, -0.25) is 0 Å². The van der Waals surface area contributed by atoms with E-state index < -0.39 is 15.9 Å². The first-order chi connectivity index (χ1) is 8.59. The predicted octanol–water partition coefficient (Wildman–Crippen LogP) is 4.25. The molecule has 0 amide bonds. The van der Waals surface area contributed by atoms with Gasteiger partial charge in [-0.15, -0.1) is 0 Å². The van der Waals surface area contributed by atoms with Crippen molar-refractivity contribution in [3.8, 4) is 0 Å². The summed E-state index contributed by atoms with van der Waals surface area (Å²) in [6.07, 6.45) is 0. The summed E-state index contributed by atoms with van der Waals surface area (Å²) in [5, 5.41) is 0. The normalized spacial score (nSPS) is 18.1. The Morgan fingerprint density at radius 3 is 2.28 bits per heavy atom. The molecule has 1 heterocycles. The van der Waals surface area contributed by atoms with Crippen LogP contribution in [0.3, 0.4) is 0 Å². The summed E-state index contributed by atoms with van der Waals surface area (Å²) in [7, 11) is 13.3. The molecule has 0 radical (unpaired) electrons. The Hall–Kier alpha value is -0.0404. The van der Waals surface area contributed by atoms with Gasteiger partial charge in [0.2, 0.25) is 0 Å². The molecule has 1 aliphatic rings. The molecule has 1 nitrogen and oxygen atoms in total. The van der Waals surface area contributed by atoms with E-state index in [2.05, 4.69) is 20.9 Å². The molecule has 2 aromatic rings. The van der Waals surface area contributed by atoms with Crippen molar-refractivity contribution in [1.29, 1.82) is 0 Å². The first-order valence-corrected chi connectivity index (χ1v) is 14.3. The van der Waals surface area contributed by atoms with Crippen LogP contribution in [0.1, 0.15) is 5.56 Å². The Labute approximate surface area is 125 Å². The van der Waals surface area contributed by atoms with Gasteiger partial charge in [-0.05, 0) is 0 Å². The number of hydrogen-bond acceptors (Lipinski definition) is 1. The number of benzene rings is 2. The van der Waals surface area contributed by atoms with Gasteiger partial charge in [0.15, 0.2) is 0 Å². The second kappa shape index (κ2) is 4.81. The molecule has 3 rings (SSSR count). The molecule has 0 aromatic heterocycles. The van der Waals surface area contributed by atoms with Gasteiger partial charge >= 0.3 is 126 Å². The van der Waals surface area contributed by atoms with E-state index in [1.54, 1.807) is 0 Å². The van der Waals surface area contributed by atoms with Gasteiger partial charge in [-0.1, -0.05) is 0 Å². The van der Waals surface area contributed by atoms with Crippen LogP contribution in [0.4, 0.5) is 5.69 Å². The second-order valence-corrected chi connectivity index (χ2v) is 17.1. The third-order valence-corrected chi connectivity index (χ3v) is 12.3. The van der Waals surface area contributed by atoms with Crippen LogP contribution in [0.15, 0.2) is 58.0 Å². The summed E-state index contributed by atoms with van der Waals surface area (Å²) in [5.41, 5.74) is 1.93. The Morgan fingerprint density at radius 1 is 0.944 bits per heavy atom. The van der Waals surface area contributed by atoms with Gasteiger partial charge in [0, 0.05) is 0 Å². The first kappa shape index (κ1) is 13.0. The van der Waals surface area contributed by atoms with Crippen molar-refractivity contribution in [3.63, 3.8) is 0 Å². The van der Waals surface area contributed by atoms with Gasteiger partial charge in [0.25, 0.3) is 0 Å². The van der Waals surface area contributed by atoms with Gasteiger partial charge in [-0.2, -0.15) is 0 Å². The van der Waals surface area contributed by atoms with Gasteiger partial charge in [-0.25, -0.2) is 0 Å². The maximum absolute atomic E-state index is 6.65. The molecular weight excluding hydrogens is 449 g/mol. The Balaban J connectivity index is 2.13. The molecule has 92 valence electrons. The number of fused-ring (bicyclic) bond motifs is 1. The molecule has 1 aliphatic heterocycles. The zero-order valence-corrected chi connectivity index (χ0v) is 14.5. The number of hydrogen-bond donors (Lipinski definition) is 0. The number of halogens is 3. The summed E-state index contributed by atoms with van der Waals surface area (Å²) >= 11 is 0.166. The van der Waals surface area contributed by atoms with Crippen molar-refractivity contribution < 1.29 is 0 Å². The molecule has 0 bridgehead atoms. The fourth-order valence-electron chi connectivity index (χ4n) is 1.84. The topological polar surface area (TPSA) is 12.4 Å². The third kappa shape index (κ3) is 2.13. The van der Waals surface area contributed by atoms with Crippen molar-refractivity contribution >= 4 is 62.9 Å². The average molecular weight is 457 g/mol. The zero-order chi connectivity index (χ0) is 12.8. The number of nitrogens with zero attached hydrogens (tertiary/aromatic N) is 1. The summed E-state index contributed by atoms with van der Waals surface area (Å²) in [5.74, 6) is 0. The molecule has 0 atom stereocenters. The number of rotatable bonds is 1. The maximum atomic E-state index is 6.65. The molecule has 0 saturated carbocycles. The molecule has 0 unspecified atom stereocenters. The summed E-state index contributed by atoms with van der Waals surface area (Å²) in [4.78, 5) is 4.63. The number of para-hydroxylation sites is 1. The van der Waals surface area contributed by atoms with E-state index in [4.69, 9.17) is 17.9 Å². The summed E-state index contributed by atoms with van der Waals surface area (Å²) in [6, 6.07) is 15.8. The van der Waals surface area contributed by atoms with Crippen LogP contribution in [-0.2, 0) is 0 Å². The SMILES string of the molecule is Cl[Te]1(Cl)C(c2ccc(Br)cc2)=Nc2ccccc21. The standard InChI is InChI=1S/C13H8BrCl2NTe/c14-10-7-5-9(6-8-10)13-17-11-3-1-2-4-12(11)18(13,15)16/h1-8H. The number of aliphatic imine (C=N–C) groups is 1. The molecule has 0 fully saturated rings.